The van der Waals surface area contributed by atoms with Crippen LogP contribution in [-0.4, -0.2) is 66.2 Å². The summed E-state index contributed by atoms with van der Waals surface area (Å²) in [6.07, 6.45) is 3.01. The highest BCUT2D eigenvalue weighted by molar-refractivity contribution is 6.17. The number of nitrogens with zero attached hydrogens (tertiary/aromatic N) is 2. The van der Waals surface area contributed by atoms with E-state index in [1.165, 1.54) is 12.1 Å². The van der Waals surface area contributed by atoms with Crippen LogP contribution >= 0.6 is 11.6 Å². The van der Waals surface area contributed by atoms with Crippen LogP contribution in [0.5, 0.6) is 5.75 Å². The maximum absolute atomic E-state index is 14.8. The molecule has 32 heavy (non-hydrogen) atoms. The molecule has 0 aromatic heterocycles. The maximum Gasteiger partial charge on any atom is 0.410 e. The van der Waals surface area contributed by atoms with Crippen molar-refractivity contribution < 1.29 is 23.0 Å². The van der Waals surface area contributed by atoms with Crippen LogP contribution < -0.4 is 4.74 Å². The highest BCUT2D eigenvalue weighted by atomic mass is 35.5. The average molecular weight is 473 g/mol. The number of hydrogen-bond acceptors (Lipinski definition) is 4. The van der Waals surface area contributed by atoms with Gasteiger partial charge in [0.2, 0.25) is 0 Å². The third-order valence-electron chi connectivity index (χ3n) is 6.07. The second-order valence-electron chi connectivity index (χ2n) is 9.76. The molecule has 0 radical (unpaired) electrons. The Morgan fingerprint density at radius 1 is 1.06 bits per heavy atom. The number of carbonyl (C=O) groups excluding carboxylic acids is 1. The lowest BCUT2D eigenvalue weighted by Gasteiger charge is -2.34. The van der Waals surface area contributed by atoms with Gasteiger partial charge < -0.3 is 19.3 Å². The number of likely N-dealkylation sites (tertiary alicyclic amines) is 2. The Kier molecular flexibility index (Phi) is 8.62. The van der Waals surface area contributed by atoms with Crippen molar-refractivity contribution in [2.24, 2.45) is 0 Å². The van der Waals surface area contributed by atoms with E-state index in [-0.39, 0.29) is 23.9 Å². The summed E-state index contributed by atoms with van der Waals surface area (Å²) in [5, 5.41) is 0. The predicted octanol–water partition coefficient (Wildman–Crippen LogP) is 5.55. The van der Waals surface area contributed by atoms with Crippen LogP contribution in [0.2, 0.25) is 0 Å². The molecule has 2 aliphatic rings. The largest absolute Gasteiger partial charge is 0.484 e. The lowest BCUT2D eigenvalue weighted by molar-refractivity contribution is 0.0119. The molecule has 0 atom stereocenters. The molecule has 0 spiro atoms. The van der Waals surface area contributed by atoms with Crippen molar-refractivity contribution in [1.82, 2.24) is 9.80 Å². The zero-order valence-electron chi connectivity index (χ0n) is 19.3. The van der Waals surface area contributed by atoms with E-state index in [4.69, 9.17) is 21.1 Å². The number of piperidine rings is 2. The molecule has 2 saturated heterocycles. The van der Waals surface area contributed by atoms with E-state index >= 15 is 0 Å². The molecule has 1 aromatic carbocycles. The summed E-state index contributed by atoms with van der Waals surface area (Å²) in [7, 11) is 0. The Bertz CT molecular complexity index is 748. The molecule has 0 bridgehead atoms. The van der Waals surface area contributed by atoms with Crippen molar-refractivity contribution in [1.29, 1.82) is 0 Å². The second kappa shape index (κ2) is 11.0. The molecule has 5 nitrogen and oxygen atoms in total. The van der Waals surface area contributed by atoms with Crippen molar-refractivity contribution >= 4 is 17.7 Å². The van der Waals surface area contributed by atoms with Crippen molar-refractivity contribution in [3.8, 4) is 5.75 Å². The van der Waals surface area contributed by atoms with Gasteiger partial charge in [0.05, 0.1) is 0 Å². The molecular formula is C24H35ClF2N2O3. The molecule has 3 rings (SSSR count). The Labute approximate surface area is 195 Å². The minimum atomic E-state index is -0.654. The lowest BCUT2D eigenvalue weighted by atomic mass is 9.89. The van der Waals surface area contributed by atoms with Crippen molar-refractivity contribution in [2.45, 2.75) is 70.5 Å². The van der Waals surface area contributed by atoms with E-state index in [2.05, 4.69) is 4.90 Å². The number of rotatable bonds is 6. The van der Waals surface area contributed by atoms with E-state index in [1.807, 2.05) is 20.8 Å². The standard InChI is InChI=1S/C24H35ClF2N2O3/c1-24(2,3)32-23(30)29-13-7-19(8-14-29)31-22-20(26)15-18(16-21(22)27)17-5-11-28(12-6-17)10-4-9-25/h15-17,19H,4-14H2,1-3H3. The fourth-order valence-electron chi connectivity index (χ4n) is 4.35. The topological polar surface area (TPSA) is 42.0 Å². The molecule has 0 aliphatic carbocycles. The molecule has 0 N–H and O–H groups in total. The van der Waals surface area contributed by atoms with Gasteiger partial charge in [-0.15, -0.1) is 11.6 Å². The number of ether oxygens (including phenoxy) is 2. The van der Waals surface area contributed by atoms with E-state index in [9.17, 15) is 13.6 Å². The quantitative estimate of drug-likeness (QED) is 0.509. The smallest absolute Gasteiger partial charge is 0.410 e. The second-order valence-corrected chi connectivity index (χ2v) is 10.1. The van der Waals surface area contributed by atoms with Crippen molar-refractivity contribution in [2.75, 3.05) is 38.6 Å². The number of halogens is 3. The lowest BCUT2D eigenvalue weighted by Crippen LogP contribution is -2.44. The van der Waals surface area contributed by atoms with Gasteiger partial charge in [-0.2, -0.15) is 0 Å². The molecule has 2 heterocycles. The summed E-state index contributed by atoms with van der Waals surface area (Å²) in [6, 6.07) is 2.85. The van der Waals surface area contributed by atoms with Gasteiger partial charge in [0.25, 0.3) is 0 Å². The van der Waals surface area contributed by atoms with Gasteiger partial charge in [-0.3, -0.25) is 0 Å². The third kappa shape index (κ3) is 6.95. The number of amides is 1. The number of benzene rings is 1. The van der Waals surface area contributed by atoms with Crippen LogP contribution in [0.1, 0.15) is 64.4 Å². The monoisotopic (exact) mass is 472 g/mol. The molecular weight excluding hydrogens is 438 g/mol. The van der Waals surface area contributed by atoms with E-state index < -0.39 is 17.2 Å². The van der Waals surface area contributed by atoms with Crippen LogP contribution in [-0.2, 0) is 4.74 Å². The molecule has 2 fully saturated rings. The van der Waals surface area contributed by atoms with Crippen LogP contribution in [0.25, 0.3) is 0 Å². The molecule has 0 unspecified atom stereocenters. The zero-order chi connectivity index (χ0) is 23.3. The normalized spacial score (nSPS) is 19.2. The predicted molar refractivity (Wildman–Crippen MR) is 122 cm³/mol. The Balaban J connectivity index is 1.54. The highest BCUT2D eigenvalue weighted by Gasteiger charge is 2.29. The van der Waals surface area contributed by atoms with E-state index in [0.717, 1.165) is 38.9 Å². The van der Waals surface area contributed by atoms with Gasteiger partial charge in [0.1, 0.15) is 11.7 Å². The van der Waals surface area contributed by atoms with Gasteiger partial charge in [-0.05, 0) is 83.3 Å². The van der Waals surface area contributed by atoms with Crippen LogP contribution in [0.3, 0.4) is 0 Å². The summed E-state index contributed by atoms with van der Waals surface area (Å²) in [4.78, 5) is 16.1. The van der Waals surface area contributed by atoms with Gasteiger partial charge in [0.15, 0.2) is 17.4 Å². The summed E-state index contributed by atoms with van der Waals surface area (Å²) in [6.45, 7) is 9.13. The summed E-state index contributed by atoms with van der Waals surface area (Å²) >= 11 is 5.76. The Morgan fingerprint density at radius 2 is 1.66 bits per heavy atom. The SMILES string of the molecule is CC(C)(C)OC(=O)N1CCC(Oc2c(F)cc(C3CCN(CCCCl)CC3)cc2F)CC1. The number of alkyl halides is 1. The fourth-order valence-corrected chi connectivity index (χ4v) is 4.47. The van der Waals surface area contributed by atoms with E-state index in [1.54, 1.807) is 4.90 Å². The Hall–Kier alpha value is -1.60. The molecule has 2 aliphatic heterocycles. The van der Waals surface area contributed by atoms with E-state index in [0.29, 0.717) is 37.4 Å². The summed E-state index contributed by atoms with van der Waals surface area (Å²) < 4.78 is 40.6. The Morgan fingerprint density at radius 3 is 2.19 bits per heavy atom. The maximum atomic E-state index is 14.8. The van der Waals surface area contributed by atoms with Crippen LogP contribution in [0.15, 0.2) is 12.1 Å². The molecule has 1 aromatic rings. The first-order chi connectivity index (χ1) is 15.2. The summed E-state index contributed by atoms with van der Waals surface area (Å²) in [5.74, 6) is -0.822. The first-order valence-corrected chi connectivity index (χ1v) is 12.1. The number of hydrogen-bond donors (Lipinski definition) is 0. The van der Waals surface area contributed by atoms with Gasteiger partial charge >= 0.3 is 6.09 Å². The first kappa shape index (κ1) is 25.0. The molecule has 180 valence electrons. The van der Waals surface area contributed by atoms with Gasteiger partial charge in [-0.25, -0.2) is 13.6 Å². The van der Waals surface area contributed by atoms with Gasteiger partial charge in [-0.1, -0.05) is 0 Å². The average Bonchev–Trinajstić information content (AvgIpc) is 2.74. The zero-order valence-corrected chi connectivity index (χ0v) is 20.1. The van der Waals surface area contributed by atoms with Crippen LogP contribution in [0.4, 0.5) is 13.6 Å². The molecule has 1 amide bonds. The molecule has 0 saturated carbocycles. The third-order valence-corrected chi connectivity index (χ3v) is 6.33. The van der Waals surface area contributed by atoms with Crippen molar-refractivity contribution in [3.05, 3.63) is 29.3 Å². The van der Waals surface area contributed by atoms with Crippen molar-refractivity contribution in [3.63, 3.8) is 0 Å². The highest BCUT2D eigenvalue weighted by Crippen LogP contribution is 2.34. The van der Waals surface area contributed by atoms with Crippen LogP contribution in [0, 0.1) is 11.6 Å². The minimum Gasteiger partial charge on any atom is -0.484 e. The first-order valence-electron chi connectivity index (χ1n) is 11.6. The van der Waals surface area contributed by atoms with Gasteiger partial charge in [0, 0.05) is 31.8 Å². The summed E-state index contributed by atoms with van der Waals surface area (Å²) in [5.41, 5.74) is 0.142. The minimum absolute atomic E-state index is 0.150. The number of carbonyl (C=O) groups is 1. The fraction of sp³-hybridized carbons (Fsp3) is 0.708. The molecule has 8 heteroatoms.